The van der Waals surface area contributed by atoms with Crippen LogP contribution in [0.2, 0.25) is 0 Å². The lowest BCUT2D eigenvalue weighted by molar-refractivity contribution is -0.150. The summed E-state index contributed by atoms with van der Waals surface area (Å²) in [5.74, 6) is 0.595. The molecule has 4 rings (SSSR count). The van der Waals surface area contributed by atoms with Crippen LogP contribution >= 0.6 is 0 Å². The number of likely N-dealkylation sites (tertiary alicyclic amines) is 1. The van der Waals surface area contributed by atoms with Crippen molar-refractivity contribution >= 4 is 22.6 Å². The summed E-state index contributed by atoms with van der Waals surface area (Å²) < 4.78 is 39.4. The third kappa shape index (κ3) is 3.38. The summed E-state index contributed by atoms with van der Waals surface area (Å²) in [6.45, 7) is 2.96. The van der Waals surface area contributed by atoms with Crippen molar-refractivity contribution in [2.24, 2.45) is 5.92 Å². The third-order valence-corrected chi connectivity index (χ3v) is 5.35. The standard InChI is InChI=1S/C18H20F3N5O/c1-11-4-7-25(15(27)2-5-18(19,20)21)10-13(11)17-24-9-12-8-23-16-14(26(12)17)3-6-22-16/h3,6,8-9,11,13,22H,2,4-5,7,10H2,1H3. The maximum absolute atomic E-state index is 12.4. The van der Waals surface area contributed by atoms with Gasteiger partial charge in [0.2, 0.25) is 5.91 Å². The molecule has 1 aliphatic heterocycles. The van der Waals surface area contributed by atoms with Crippen molar-refractivity contribution in [3.05, 3.63) is 30.5 Å². The Bertz CT molecular complexity index is 976. The number of imidazole rings is 1. The molecular formula is C18H20F3N5O. The summed E-state index contributed by atoms with van der Waals surface area (Å²) in [5.41, 5.74) is 2.49. The molecule has 27 heavy (non-hydrogen) atoms. The quantitative estimate of drug-likeness (QED) is 0.757. The summed E-state index contributed by atoms with van der Waals surface area (Å²) >= 11 is 0. The highest BCUT2D eigenvalue weighted by Gasteiger charge is 2.34. The van der Waals surface area contributed by atoms with E-state index in [2.05, 4.69) is 21.9 Å². The highest BCUT2D eigenvalue weighted by atomic mass is 19.4. The van der Waals surface area contributed by atoms with Crippen LogP contribution in [0.15, 0.2) is 24.7 Å². The minimum atomic E-state index is -4.32. The molecule has 2 atom stereocenters. The highest BCUT2D eigenvalue weighted by Crippen LogP contribution is 2.33. The van der Waals surface area contributed by atoms with Gasteiger partial charge in [-0.05, 0) is 18.4 Å². The second-order valence-electron chi connectivity index (χ2n) is 7.17. The van der Waals surface area contributed by atoms with Gasteiger partial charge in [-0.2, -0.15) is 13.2 Å². The van der Waals surface area contributed by atoms with Crippen molar-refractivity contribution in [1.29, 1.82) is 0 Å². The highest BCUT2D eigenvalue weighted by molar-refractivity contribution is 5.77. The largest absolute Gasteiger partial charge is 0.389 e. The van der Waals surface area contributed by atoms with E-state index >= 15 is 0 Å². The number of alkyl halides is 3. The van der Waals surface area contributed by atoms with Crippen LogP contribution in [0.3, 0.4) is 0 Å². The molecule has 9 heteroatoms. The van der Waals surface area contributed by atoms with E-state index < -0.39 is 24.9 Å². The number of aromatic nitrogens is 4. The molecule has 2 unspecified atom stereocenters. The zero-order valence-electron chi connectivity index (χ0n) is 14.8. The number of carbonyl (C=O) groups excluding carboxylic acids is 1. The molecule has 0 spiro atoms. The fourth-order valence-electron chi connectivity index (χ4n) is 3.80. The zero-order valence-corrected chi connectivity index (χ0v) is 14.8. The molecule has 4 heterocycles. The Morgan fingerprint density at radius 3 is 2.89 bits per heavy atom. The zero-order chi connectivity index (χ0) is 19.2. The molecule has 3 aromatic heterocycles. The molecule has 0 radical (unpaired) electrons. The smallest absolute Gasteiger partial charge is 0.345 e. The Balaban J connectivity index is 1.62. The second-order valence-corrected chi connectivity index (χ2v) is 7.17. The number of hydrogen-bond acceptors (Lipinski definition) is 3. The summed E-state index contributed by atoms with van der Waals surface area (Å²) in [4.78, 5) is 25.8. The number of nitrogens with one attached hydrogen (secondary N) is 1. The summed E-state index contributed by atoms with van der Waals surface area (Å²) in [6, 6.07) is 1.92. The first kappa shape index (κ1) is 17.8. The van der Waals surface area contributed by atoms with Crippen molar-refractivity contribution in [1.82, 2.24) is 24.3 Å². The Hall–Kier alpha value is -2.58. The minimum Gasteiger partial charge on any atom is -0.345 e. The van der Waals surface area contributed by atoms with Crippen LogP contribution in [0.4, 0.5) is 13.2 Å². The lowest BCUT2D eigenvalue weighted by Crippen LogP contribution is -2.42. The van der Waals surface area contributed by atoms with E-state index in [0.717, 1.165) is 28.9 Å². The van der Waals surface area contributed by atoms with E-state index in [4.69, 9.17) is 0 Å². The molecule has 1 fully saturated rings. The Morgan fingerprint density at radius 1 is 1.33 bits per heavy atom. The van der Waals surface area contributed by atoms with Gasteiger partial charge < -0.3 is 9.88 Å². The van der Waals surface area contributed by atoms with Gasteiger partial charge in [0.25, 0.3) is 0 Å². The van der Waals surface area contributed by atoms with Crippen LogP contribution < -0.4 is 0 Å². The van der Waals surface area contributed by atoms with Gasteiger partial charge in [0.05, 0.1) is 29.8 Å². The molecule has 0 bridgehead atoms. The fraction of sp³-hybridized carbons (Fsp3) is 0.500. The minimum absolute atomic E-state index is 0.0448. The molecule has 1 N–H and O–H groups in total. The lowest BCUT2D eigenvalue weighted by atomic mass is 9.86. The number of nitrogens with zero attached hydrogens (tertiary/aromatic N) is 4. The van der Waals surface area contributed by atoms with Crippen LogP contribution in [0, 0.1) is 5.92 Å². The number of amides is 1. The third-order valence-electron chi connectivity index (χ3n) is 5.35. The van der Waals surface area contributed by atoms with Gasteiger partial charge in [0.15, 0.2) is 5.65 Å². The molecule has 3 aromatic rings. The van der Waals surface area contributed by atoms with Crippen molar-refractivity contribution in [2.75, 3.05) is 13.1 Å². The molecule has 0 saturated carbocycles. The van der Waals surface area contributed by atoms with E-state index in [9.17, 15) is 18.0 Å². The molecule has 6 nitrogen and oxygen atoms in total. The average molecular weight is 379 g/mol. The van der Waals surface area contributed by atoms with Gasteiger partial charge >= 0.3 is 6.18 Å². The normalized spacial score (nSPS) is 21.3. The van der Waals surface area contributed by atoms with Crippen LogP contribution in [0.5, 0.6) is 0 Å². The first-order chi connectivity index (χ1) is 12.8. The maximum atomic E-state index is 12.4. The predicted octanol–water partition coefficient (Wildman–Crippen LogP) is 3.51. The topological polar surface area (TPSA) is 66.3 Å². The predicted molar refractivity (Wildman–Crippen MR) is 93.2 cm³/mol. The molecule has 1 saturated heterocycles. The number of hydrogen-bond donors (Lipinski definition) is 1. The number of fused-ring (bicyclic) bond motifs is 3. The Kier molecular flexibility index (Phi) is 4.32. The number of piperidine rings is 1. The summed E-state index contributed by atoms with van der Waals surface area (Å²) in [6.07, 6.45) is 0.117. The van der Waals surface area contributed by atoms with Gasteiger partial charge in [0, 0.05) is 31.6 Å². The summed E-state index contributed by atoms with van der Waals surface area (Å²) in [7, 11) is 0. The van der Waals surface area contributed by atoms with E-state index in [-0.39, 0.29) is 11.8 Å². The lowest BCUT2D eigenvalue weighted by Gasteiger charge is -2.36. The molecular weight excluding hydrogens is 359 g/mol. The van der Waals surface area contributed by atoms with Crippen molar-refractivity contribution < 1.29 is 18.0 Å². The average Bonchev–Trinajstić information content (AvgIpc) is 3.25. The molecule has 0 aliphatic carbocycles. The number of H-pyrrole nitrogens is 1. The van der Waals surface area contributed by atoms with E-state index in [0.29, 0.717) is 13.1 Å². The molecule has 0 aromatic carbocycles. The molecule has 144 valence electrons. The van der Waals surface area contributed by atoms with Crippen LogP contribution in [-0.2, 0) is 4.79 Å². The van der Waals surface area contributed by atoms with E-state index in [1.807, 2.05) is 10.5 Å². The molecule has 1 amide bonds. The van der Waals surface area contributed by atoms with E-state index in [1.165, 1.54) is 0 Å². The second kappa shape index (κ2) is 6.54. The maximum Gasteiger partial charge on any atom is 0.389 e. The van der Waals surface area contributed by atoms with Crippen LogP contribution in [0.25, 0.3) is 16.7 Å². The van der Waals surface area contributed by atoms with E-state index in [1.54, 1.807) is 23.5 Å². The Labute approximate surface area is 153 Å². The van der Waals surface area contributed by atoms with Crippen LogP contribution in [-0.4, -0.2) is 49.4 Å². The van der Waals surface area contributed by atoms with Crippen molar-refractivity contribution in [3.63, 3.8) is 0 Å². The fourth-order valence-corrected chi connectivity index (χ4v) is 3.80. The molecule has 1 aliphatic rings. The monoisotopic (exact) mass is 379 g/mol. The Morgan fingerprint density at radius 2 is 2.11 bits per heavy atom. The SMILES string of the molecule is CC1CCN(C(=O)CCC(F)(F)F)CC1c1ncc2cnc3[nH]ccc3n12. The first-order valence-corrected chi connectivity index (χ1v) is 8.97. The number of carbonyl (C=O) groups is 1. The number of rotatable bonds is 3. The van der Waals surface area contributed by atoms with Gasteiger partial charge in [-0.1, -0.05) is 6.92 Å². The number of aromatic amines is 1. The van der Waals surface area contributed by atoms with Gasteiger partial charge in [-0.3, -0.25) is 9.20 Å². The van der Waals surface area contributed by atoms with Crippen molar-refractivity contribution in [3.8, 4) is 0 Å². The first-order valence-electron chi connectivity index (χ1n) is 8.97. The van der Waals surface area contributed by atoms with Gasteiger partial charge in [-0.15, -0.1) is 0 Å². The van der Waals surface area contributed by atoms with Crippen molar-refractivity contribution in [2.45, 2.75) is 38.3 Å². The number of halogens is 3. The summed E-state index contributed by atoms with van der Waals surface area (Å²) in [5, 5.41) is 0. The van der Waals surface area contributed by atoms with Crippen LogP contribution in [0.1, 0.15) is 37.9 Å². The van der Waals surface area contributed by atoms with Gasteiger partial charge in [0.1, 0.15) is 5.82 Å². The van der Waals surface area contributed by atoms with Gasteiger partial charge in [-0.25, -0.2) is 9.97 Å².